The fourth-order valence-electron chi connectivity index (χ4n) is 4.58. The second-order valence-electron chi connectivity index (χ2n) is 9.91. The average Bonchev–Trinajstić information content (AvgIpc) is 3.41. The maximum Gasteiger partial charge on any atom is 0.411 e. The van der Waals surface area contributed by atoms with Crippen molar-refractivity contribution in [2.45, 2.75) is 38.8 Å². The highest BCUT2D eigenvalue weighted by atomic mass is 35.5. The van der Waals surface area contributed by atoms with E-state index in [-0.39, 0.29) is 18.4 Å². The Morgan fingerprint density at radius 3 is 2.41 bits per heavy atom. The number of aromatic amines is 1. The normalized spacial score (nSPS) is 11.4. The molecule has 12 heteroatoms. The zero-order chi connectivity index (χ0) is 31.5. The summed E-state index contributed by atoms with van der Waals surface area (Å²) in [6, 6.07) is 21.5. The number of imidazole rings is 1. The van der Waals surface area contributed by atoms with Crippen LogP contribution in [0.25, 0.3) is 11.3 Å². The fourth-order valence-corrected chi connectivity index (χ4v) is 5.03. The number of carbonyl (C=O) groups is 3. The molecule has 5 N–H and O–H groups in total. The summed E-state index contributed by atoms with van der Waals surface area (Å²) in [5.74, 6) is 0.328. The molecule has 4 rings (SSSR count). The van der Waals surface area contributed by atoms with Crippen molar-refractivity contribution in [2.75, 3.05) is 19.0 Å². The Morgan fingerprint density at radius 1 is 0.955 bits per heavy atom. The highest BCUT2D eigenvalue weighted by molar-refractivity contribution is 6.32. The van der Waals surface area contributed by atoms with Gasteiger partial charge in [-0.1, -0.05) is 71.7 Å². The molecule has 230 valence electrons. The number of aromatic nitrogens is 2. The number of halogens is 2. The van der Waals surface area contributed by atoms with E-state index < -0.39 is 12.1 Å². The summed E-state index contributed by atoms with van der Waals surface area (Å²) < 4.78 is 4.63. The molecule has 4 amide bonds. The van der Waals surface area contributed by atoms with Crippen LogP contribution in [-0.4, -0.2) is 41.7 Å². The van der Waals surface area contributed by atoms with E-state index in [1.54, 1.807) is 30.3 Å². The summed E-state index contributed by atoms with van der Waals surface area (Å²) >= 11 is 12.8. The molecule has 1 aromatic heterocycles. The number of H-pyrrole nitrogens is 1. The highest BCUT2D eigenvalue weighted by Crippen LogP contribution is 2.29. The van der Waals surface area contributed by atoms with Crippen molar-refractivity contribution < 1.29 is 19.1 Å². The lowest BCUT2D eigenvalue weighted by Gasteiger charge is -2.18. The number of urea groups is 1. The largest absolute Gasteiger partial charge is 0.453 e. The van der Waals surface area contributed by atoms with Crippen molar-refractivity contribution in [3.05, 3.63) is 105 Å². The van der Waals surface area contributed by atoms with Gasteiger partial charge in [-0.05, 0) is 60.7 Å². The Hall–Kier alpha value is -4.54. The fraction of sp³-hybridized carbons (Fsp3) is 0.250. The summed E-state index contributed by atoms with van der Waals surface area (Å²) in [6.45, 7) is 2.68. The number of methoxy groups -OCH3 is 1. The summed E-state index contributed by atoms with van der Waals surface area (Å²) in [5, 5.41) is 12.1. The molecule has 10 nitrogen and oxygen atoms in total. The van der Waals surface area contributed by atoms with Crippen LogP contribution in [0, 0.1) is 0 Å². The van der Waals surface area contributed by atoms with Crippen molar-refractivity contribution in [3.63, 3.8) is 0 Å². The Labute approximate surface area is 265 Å². The summed E-state index contributed by atoms with van der Waals surface area (Å²) in [5.41, 5.74) is 4.57. The Balaban J connectivity index is 1.50. The van der Waals surface area contributed by atoms with E-state index in [0.29, 0.717) is 53.3 Å². The van der Waals surface area contributed by atoms with Gasteiger partial charge in [-0.25, -0.2) is 14.6 Å². The molecule has 3 aromatic carbocycles. The summed E-state index contributed by atoms with van der Waals surface area (Å²) in [4.78, 5) is 44.6. The molecular weight excluding hydrogens is 603 g/mol. The summed E-state index contributed by atoms with van der Waals surface area (Å²) in [7, 11) is 1.29. The molecule has 0 spiro atoms. The zero-order valence-electron chi connectivity index (χ0n) is 24.4. The number of nitrogens with one attached hydrogen (secondary N) is 5. The third-order valence-electron chi connectivity index (χ3n) is 6.78. The number of amides is 4. The first-order valence-electron chi connectivity index (χ1n) is 14.1. The number of aryl methyl sites for hydroxylation is 1. The molecule has 0 aliphatic heterocycles. The molecule has 4 aromatic rings. The van der Waals surface area contributed by atoms with Gasteiger partial charge in [-0.2, -0.15) is 0 Å². The van der Waals surface area contributed by atoms with Crippen LogP contribution >= 0.6 is 23.2 Å². The molecule has 44 heavy (non-hydrogen) atoms. The highest BCUT2D eigenvalue weighted by Gasteiger charge is 2.22. The Bertz CT molecular complexity index is 1580. The maximum atomic E-state index is 13.3. The first-order chi connectivity index (χ1) is 21.2. The van der Waals surface area contributed by atoms with Gasteiger partial charge in [0, 0.05) is 35.8 Å². The number of hydrogen-bond acceptors (Lipinski definition) is 5. The lowest BCUT2D eigenvalue weighted by Crippen LogP contribution is -2.35. The first kappa shape index (κ1) is 32.4. The van der Waals surface area contributed by atoms with Crippen LogP contribution in [0.1, 0.15) is 41.9 Å². The van der Waals surface area contributed by atoms with Crippen LogP contribution in [0.3, 0.4) is 0 Å². The minimum Gasteiger partial charge on any atom is -0.453 e. The molecule has 0 saturated carbocycles. The second kappa shape index (κ2) is 15.8. The maximum absolute atomic E-state index is 13.3. The molecule has 0 unspecified atom stereocenters. The molecule has 0 saturated heterocycles. The third-order valence-corrected chi connectivity index (χ3v) is 7.29. The minimum absolute atomic E-state index is 0.180. The van der Waals surface area contributed by atoms with Gasteiger partial charge >= 0.3 is 12.1 Å². The number of benzene rings is 3. The van der Waals surface area contributed by atoms with E-state index in [9.17, 15) is 14.4 Å². The number of ether oxygens (including phenoxy) is 1. The van der Waals surface area contributed by atoms with E-state index in [0.717, 1.165) is 22.3 Å². The van der Waals surface area contributed by atoms with Crippen LogP contribution in [0.15, 0.2) is 72.8 Å². The predicted molar refractivity (Wildman–Crippen MR) is 172 cm³/mol. The molecule has 1 atom stereocenters. The summed E-state index contributed by atoms with van der Waals surface area (Å²) in [6.07, 6.45) is 0.527. The molecule has 0 bridgehead atoms. The number of carbonyl (C=O) groups excluding carboxylic acids is 3. The third kappa shape index (κ3) is 9.23. The number of rotatable bonds is 12. The van der Waals surface area contributed by atoms with E-state index in [1.165, 1.54) is 7.11 Å². The van der Waals surface area contributed by atoms with Crippen LogP contribution in [0.5, 0.6) is 0 Å². The van der Waals surface area contributed by atoms with Gasteiger partial charge in [0.2, 0.25) is 5.91 Å². The van der Waals surface area contributed by atoms with Gasteiger partial charge in [0.1, 0.15) is 16.7 Å². The first-order valence-corrected chi connectivity index (χ1v) is 14.8. The molecule has 0 aliphatic rings. The van der Waals surface area contributed by atoms with Gasteiger partial charge < -0.3 is 25.7 Å². The van der Waals surface area contributed by atoms with E-state index in [1.807, 2.05) is 49.4 Å². The van der Waals surface area contributed by atoms with Crippen molar-refractivity contribution >= 4 is 46.9 Å². The number of hydrogen-bond donors (Lipinski definition) is 5. The van der Waals surface area contributed by atoms with Crippen LogP contribution in [-0.2, 0) is 28.9 Å². The smallest absolute Gasteiger partial charge is 0.411 e. The quantitative estimate of drug-likeness (QED) is 0.122. The average molecular weight is 638 g/mol. The second-order valence-corrected chi connectivity index (χ2v) is 10.7. The standard InChI is InChI=1S/C32H34Cl2N6O4/c1-3-35-31(42)36-19-23-9-13-24(33)18-22(23)12-16-27(41)38-26(17-20-7-5-4-6-8-20)30-39-28(29(34)40-30)21-10-14-25(15-11-21)37-32(43)44-2/h4-11,13-15,18,26H,3,12,16-17,19H2,1-2H3,(H,37,43)(H,38,41)(H,39,40)(H2,35,36,42)/t26-/m0/s1. The van der Waals surface area contributed by atoms with Gasteiger partial charge in [0.25, 0.3) is 0 Å². The molecule has 0 fully saturated rings. The lowest BCUT2D eigenvalue weighted by molar-refractivity contribution is -0.121. The van der Waals surface area contributed by atoms with Crippen LogP contribution < -0.4 is 21.3 Å². The topological polar surface area (TPSA) is 137 Å². The molecular formula is C32H34Cl2N6O4. The predicted octanol–water partition coefficient (Wildman–Crippen LogP) is 6.41. The zero-order valence-corrected chi connectivity index (χ0v) is 25.9. The lowest BCUT2D eigenvalue weighted by atomic mass is 10.0. The van der Waals surface area contributed by atoms with Gasteiger partial charge in [-0.15, -0.1) is 0 Å². The van der Waals surface area contributed by atoms with Crippen LogP contribution in [0.2, 0.25) is 10.2 Å². The van der Waals surface area contributed by atoms with E-state index in [4.69, 9.17) is 28.2 Å². The Kier molecular flexibility index (Phi) is 11.6. The van der Waals surface area contributed by atoms with Gasteiger partial charge in [-0.3, -0.25) is 10.1 Å². The van der Waals surface area contributed by atoms with Crippen LogP contribution in [0.4, 0.5) is 15.3 Å². The number of nitrogens with zero attached hydrogens (tertiary/aromatic N) is 1. The Morgan fingerprint density at radius 2 is 1.70 bits per heavy atom. The van der Waals surface area contributed by atoms with E-state index in [2.05, 4.69) is 31.0 Å². The molecule has 0 radical (unpaired) electrons. The van der Waals surface area contributed by atoms with Gasteiger partial charge in [0.05, 0.1) is 13.2 Å². The SMILES string of the molecule is CCNC(=O)NCc1ccc(Cl)cc1CCC(=O)N[C@@H](Cc1ccccc1)c1nc(-c2ccc(NC(=O)OC)cc2)c(Cl)[nH]1. The van der Waals surface area contributed by atoms with Gasteiger partial charge in [0.15, 0.2) is 0 Å². The van der Waals surface area contributed by atoms with Crippen molar-refractivity contribution in [1.82, 2.24) is 25.9 Å². The van der Waals surface area contributed by atoms with Crippen molar-refractivity contribution in [3.8, 4) is 11.3 Å². The molecule has 0 aliphatic carbocycles. The van der Waals surface area contributed by atoms with E-state index >= 15 is 0 Å². The minimum atomic E-state index is -0.569. The number of anilines is 1. The van der Waals surface area contributed by atoms with Crippen molar-refractivity contribution in [2.24, 2.45) is 0 Å². The monoisotopic (exact) mass is 636 g/mol. The van der Waals surface area contributed by atoms with Crippen molar-refractivity contribution in [1.29, 1.82) is 0 Å². The molecule has 1 heterocycles.